The van der Waals surface area contributed by atoms with Crippen LogP contribution in [-0.4, -0.2) is 180 Å². The second-order valence-electron chi connectivity index (χ2n) is 22.9. The second kappa shape index (κ2) is 17.7. The molecule has 3 aliphatic heterocycles. The van der Waals surface area contributed by atoms with Gasteiger partial charge in [0.15, 0.2) is 18.7 Å². The molecular weight excluding hydrogens is 868 g/mol. The molecule has 0 spiro atoms. The van der Waals surface area contributed by atoms with E-state index in [4.69, 9.17) is 28.4 Å². The summed E-state index contributed by atoms with van der Waals surface area (Å²) in [4.78, 5) is 27.0. The molecule has 8 rings (SSSR count). The first kappa shape index (κ1) is 50.5. The Morgan fingerprint density at radius 3 is 2.06 bits per heavy atom. The Morgan fingerprint density at radius 2 is 1.39 bits per heavy atom. The van der Waals surface area contributed by atoms with Gasteiger partial charge in [0.1, 0.15) is 61.0 Å². The number of carbonyl (C=O) groups is 2. The summed E-state index contributed by atoms with van der Waals surface area (Å²) in [5.74, 6) is -2.13. The first-order chi connectivity index (χ1) is 30.8. The SMILES string of the molecule is CC1(CO)CCC2(C(=O)OC3OC(CO)C(O)C(O)C3O)CCC3(C)C(=CCC4C5(C)CCC(OC6OC(C(=O)O)C(O)C(OC7OCC(O)C(O)C7O)C6O)C(C)(C)C5CCC43C)C2C1. The van der Waals surface area contributed by atoms with Crippen LogP contribution in [0.15, 0.2) is 11.6 Å². The molecule has 5 aliphatic carbocycles. The van der Waals surface area contributed by atoms with E-state index < -0.39 is 134 Å². The van der Waals surface area contributed by atoms with Crippen LogP contribution in [0.2, 0.25) is 0 Å². The van der Waals surface area contributed by atoms with E-state index in [2.05, 4.69) is 40.7 Å². The number of aliphatic hydroxyl groups is 10. The molecule has 0 aromatic carbocycles. The molecule has 0 aromatic heterocycles. The summed E-state index contributed by atoms with van der Waals surface area (Å²) in [5, 5.41) is 116. The molecular formula is C47H74O19. The molecule has 11 N–H and O–H groups in total. The maximum Gasteiger partial charge on any atom is 0.335 e. The predicted octanol–water partition coefficient (Wildman–Crippen LogP) is -0.156. The number of allylic oxidation sites excluding steroid dienone is 2. The summed E-state index contributed by atoms with van der Waals surface area (Å²) in [7, 11) is 0. The minimum absolute atomic E-state index is 0.0648. The fourth-order valence-corrected chi connectivity index (χ4v) is 14.8. The van der Waals surface area contributed by atoms with E-state index in [1.165, 1.54) is 5.57 Å². The van der Waals surface area contributed by atoms with Gasteiger partial charge in [-0.3, -0.25) is 4.79 Å². The monoisotopic (exact) mass is 942 g/mol. The van der Waals surface area contributed by atoms with Gasteiger partial charge in [-0.2, -0.15) is 0 Å². The topological polar surface area (TPSA) is 312 Å². The maximum atomic E-state index is 14.7. The number of carbonyl (C=O) groups excluding carboxylic acids is 1. The van der Waals surface area contributed by atoms with Crippen LogP contribution in [0.3, 0.4) is 0 Å². The number of hydrogen-bond donors (Lipinski definition) is 11. The molecule has 0 aromatic rings. The lowest BCUT2D eigenvalue weighted by Gasteiger charge is -2.71. The highest BCUT2D eigenvalue weighted by atomic mass is 16.7. The van der Waals surface area contributed by atoms with Crippen molar-refractivity contribution in [1.29, 1.82) is 0 Å². The number of carboxylic acids is 1. The van der Waals surface area contributed by atoms with Crippen molar-refractivity contribution in [1.82, 2.24) is 0 Å². The average molecular weight is 943 g/mol. The number of aliphatic hydroxyl groups excluding tert-OH is 10. The summed E-state index contributed by atoms with van der Waals surface area (Å²) in [6.07, 6.45) is -15.0. The molecule has 376 valence electrons. The number of aliphatic carboxylic acids is 1. The number of rotatable bonds is 9. The van der Waals surface area contributed by atoms with Crippen LogP contribution in [0.5, 0.6) is 0 Å². The molecule has 4 saturated carbocycles. The van der Waals surface area contributed by atoms with Gasteiger partial charge in [0.2, 0.25) is 6.29 Å². The second-order valence-corrected chi connectivity index (χ2v) is 22.9. The Kier molecular flexibility index (Phi) is 13.6. The van der Waals surface area contributed by atoms with Crippen LogP contribution in [0, 0.1) is 50.2 Å². The number of fused-ring (bicyclic) bond motifs is 7. The molecule has 3 heterocycles. The highest BCUT2D eigenvalue weighted by molar-refractivity contribution is 5.79. The van der Waals surface area contributed by atoms with Gasteiger partial charge >= 0.3 is 11.9 Å². The van der Waals surface area contributed by atoms with Gasteiger partial charge in [-0.1, -0.05) is 53.2 Å². The van der Waals surface area contributed by atoms with Crippen molar-refractivity contribution >= 4 is 11.9 Å². The zero-order valence-electron chi connectivity index (χ0n) is 38.8. The van der Waals surface area contributed by atoms with Gasteiger partial charge in [0.05, 0.1) is 24.7 Å². The van der Waals surface area contributed by atoms with Crippen molar-refractivity contribution in [3.05, 3.63) is 11.6 Å². The van der Waals surface area contributed by atoms with Crippen molar-refractivity contribution in [2.45, 2.75) is 198 Å². The van der Waals surface area contributed by atoms with E-state index in [1.807, 2.05) is 6.92 Å². The molecule has 0 radical (unpaired) electrons. The Morgan fingerprint density at radius 1 is 0.712 bits per heavy atom. The third kappa shape index (κ3) is 7.73. The Balaban J connectivity index is 1.04. The lowest BCUT2D eigenvalue weighted by atomic mass is 9.33. The van der Waals surface area contributed by atoms with Gasteiger partial charge in [-0.15, -0.1) is 0 Å². The normalized spacial score (nSPS) is 53.5. The first-order valence-corrected chi connectivity index (χ1v) is 23.9. The summed E-state index contributed by atoms with van der Waals surface area (Å²) in [6.45, 7) is 12.2. The van der Waals surface area contributed by atoms with Gasteiger partial charge in [0.25, 0.3) is 0 Å². The van der Waals surface area contributed by atoms with E-state index in [1.54, 1.807) is 0 Å². The zero-order valence-corrected chi connectivity index (χ0v) is 38.8. The maximum absolute atomic E-state index is 14.7. The third-order valence-electron chi connectivity index (χ3n) is 19.1. The van der Waals surface area contributed by atoms with E-state index in [-0.39, 0.29) is 40.6 Å². The van der Waals surface area contributed by atoms with E-state index in [0.717, 1.165) is 25.7 Å². The molecule has 19 heteroatoms. The average Bonchev–Trinajstić information content (AvgIpc) is 3.26. The lowest BCUT2D eigenvalue weighted by Crippen LogP contribution is -2.67. The van der Waals surface area contributed by atoms with Crippen LogP contribution in [0.1, 0.15) is 106 Å². The quantitative estimate of drug-likeness (QED) is 0.0813. The summed E-state index contributed by atoms with van der Waals surface area (Å²) < 4.78 is 35.0. The molecule has 3 saturated heterocycles. The summed E-state index contributed by atoms with van der Waals surface area (Å²) >= 11 is 0. The number of carboxylic acid groups (broad SMARTS) is 1. The summed E-state index contributed by atoms with van der Waals surface area (Å²) in [5.41, 5.74) is -1.68. The van der Waals surface area contributed by atoms with Gasteiger partial charge in [0, 0.05) is 6.61 Å². The van der Waals surface area contributed by atoms with Gasteiger partial charge in [-0.25, -0.2) is 4.79 Å². The number of esters is 1. The van der Waals surface area contributed by atoms with Crippen molar-refractivity contribution in [2.75, 3.05) is 19.8 Å². The van der Waals surface area contributed by atoms with Crippen LogP contribution in [0.25, 0.3) is 0 Å². The molecule has 23 atom stereocenters. The van der Waals surface area contributed by atoms with Gasteiger partial charge in [-0.05, 0) is 109 Å². The van der Waals surface area contributed by atoms with E-state index in [9.17, 15) is 65.8 Å². The molecule has 0 amide bonds. The smallest absolute Gasteiger partial charge is 0.335 e. The van der Waals surface area contributed by atoms with Crippen LogP contribution >= 0.6 is 0 Å². The number of ether oxygens (including phenoxy) is 6. The molecule has 19 nitrogen and oxygen atoms in total. The number of hydrogen-bond acceptors (Lipinski definition) is 18. The van der Waals surface area contributed by atoms with Crippen LogP contribution < -0.4 is 0 Å². The minimum atomic E-state index is -1.91. The highest BCUT2D eigenvalue weighted by Gasteiger charge is 2.70. The van der Waals surface area contributed by atoms with Crippen LogP contribution in [0.4, 0.5) is 0 Å². The Labute approximate surface area is 385 Å². The van der Waals surface area contributed by atoms with Gasteiger partial charge < -0.3 is 84.6 Å². The molecule has 23 unspecified atom stereocenters. The third-order valence-corrected chi connectivity index (χ3v) is 19.1. The lowest BCUT2D eigenvalue weighted by molar-refractivity contribution is -0.357. The minimum Gasteiger partial charge on any atom is -0.479 e. The predicted molar refractivity (Wildman–Crippen MR) is 226 cm³/mol. The molecule has 7 fully saturated rings. The fourth-order valence-electron chi connectivity index (χ4n) is 14.8. The summed E-state index contributed by atoms with van der Waals surface area (Å²) in [6, 6.07) is 0. The van der Waals surface area contributed by atoms with Crippen molar-refractivity contribution in [2.24, 2.45) is 50.2 Å². The fraction of sp³-hybridized carbons (Fsp3) is 0.915. The highest BCUT2D eigenvalue weighted by Crippen LogP contribution is 2.76. The zero-order chi connectivity index (χ0) is 48.3. The molecule has 66 heavy (non-hydrogen) atoms. The van der Waals surface area contributed by atoms with E-state index >= 15 is 0 Å². The Bertz CT molecular complexity index is 1850. The largest absolute Gasteiger partial charge is 0.479 e. The van der Waals surface area contributed by atoms with Crippen LogP contribution in [-0.2, 0) is 38.0 Å². The van der Waals surface area contributed by atoms with E-state index in [0.29, 0.717) is 38.5 Å². The molecule has 0 bridgehead atoms. The van der Waals surface area contributed by atoms with Crippen molar-refractivity contribution in [3.8, 4) is 0 Å². The molecule has 8 aliphatic rings. The van der Waals surface area contributed by atoms with Crippen molar-refractivity contribution in [3.63, 3.8) is 0 Å². The standard InChI is InChI=1S/C47H74O19/c1-42(2)25-9-12-46(6)26(44(25,4)11-10-27(42)63-40-34(57)35(33(56)36(65-40)37(58)59)64-38-31(54)28(51)23(50)19-61-38)8-7-21-22-17-43(3,20-49)13-15-47(22,16-14-45(21,46)5)41(60)66-39-32(55)30(53)29(52)24(18-48)62-39/h7,22-36,38-40,48-57H,8-20H2,1-6H3,(H,58,59). The van der Waals surface area contributed by atoms with Crippen molar-refractivity contribution < 1.29 is 94.2 Å². The Hall–Kier alpha value is -1.92. The first-order valence-electron chi connectivity index (χ1n) is 23.9.